The molecule has 0 radical (unpaired) electrons. The van der Waals surface area contributed by atoms with E-state index in [9.17, 15) is 9.59 Å². The number of aryl methyl sites for hydroxylation is 1. The lowest BCUT2D eigenvalue weighted by atomic mass is 10.1. The van der Waals surface area contributed by atoms with Crippen molar-refractivity contribution in [3.63, 3.8) is 0 Å². The number of ether oxygens (including phenoxy) is 1. The number of anilines is 1. The van der Waals surface area contributed by atoms with Gasteiger partial charge in [-0.2, -0.15) is 0 Å². The van der Waals surface area contributed by atoms with E-state index in [1.165, 1.54) is 23.3 Å². The van der Waals surface area contributed by atoms with Crippen molar-refractivity contribution in [1.82, 2.24) is 4.57 Å². The van der Waals surface area contributed by atoms with Gasteiger partial charge < -0.3 is 10.1 Å². The largest absolute Gasteiger partial charge is 0.465 e. The van der Waals surface area contributed by atoms with Crippen LogP contribution in [-0.2, 0) is 28.9 Å². The normalized spacial score (nSPS) is 13.6. The first kappa shape index (κ1) is 19.4. The van der Waals surface area contributed by atoms with E-state index < -0.39 is 0 Å². The highest BCUT2D eigenvalue weighted by Gasteiger charge is 2.27. The summed E-state index contributed by atoms with van der Waals surface area (Å²) in [5.74, 6) is -0.556. The van der Waals surface area contributed by atoms with E-state index in [0.29, 0.717) is 10.6 Å². The number of carbonyl (C=O) groups is 2. The van der Waals surface area contributed by atoms with Gasteiger partial charge in [0, 0.05) is 4.88 Å². The maximum absolute atomic E-state index is 12.9. The van der Waals surface area contributed by atoms with Crippen LogP contribution >= 0.6 is 11.3 Å². The molecule has 1 aliphatic carbocycles. The van der Waals surface area contributed by atoms with Crippen LogP contribution in [0.1, 0.15) is 40.1 Å². The van der Waals surface area contributed by atoms with Gasteiger partial charge in [0.05, 0.1) is 18.9 Å². The molecule has 2 heterocycles. The highest BCUT2D eigenvalue weighted by Crippen LogP contribution is 2.37. The number of carbonyl (C=O) groups excluding carboxylic acids is 2. The number of nitrogens with zero attached hydrogens (tertiary/aromatic N) is 2. The van der Waals surface area contributed by atoms with Crippen molar-refractivity contribution in [2.45, 2.75) is 38.6 Å². The molecule has 1 amide bonds. The number of fused-ring (bicyclic) bond motifs is 2. The second kappa shape index (κ2) is 8.21. The number of para-hydroxylation sites is 2. The van der Waals surface area contributed by atoms with E-state index in [1.54, 1.807) is 6.20 Å². The zero-order chi connectivity index (χ0) is 20.4. The third-order valence-electron chi connectivity index (χ3n) is 5.31. The molecule has 6 nitrogen and oxygen atoms in total. The van der Waals surface area contributed by atoms with Gasteiger partial charge in [0.15, 0.2) is 17.6 Å². The van der Waals surface area contributed by atoms with Crippen LogP contribution in [0.5, 0.6) is 0 Å². The molecule has 0 saturated carbocycles. The standard InChI is InChI=1S/C22H23N3O3S/c1-3-24-14-25(17-11-8-7-10-16(17)24)13-19(26)23-21-20(22(27)28-2)15-9-5-4-6-12-18(15)29-21/h3,7-8,10-11,14H,1,4-6,9,12-13H2,2H3/p+1. The topological polar surface area (TPSA) is 64.2 Å². The molecule has 0 fully saturated rings. The van der Waals surface area contributed by atoms with Crippen LogP contribution in [0.3, 0.4) is 0 Å². The Kier molecular flexibility index (Phi) is 5.49. The van der Waals surface area contributed by atoms with Gasteiger partial charge in [-0.1, -0.05) is 25.1 Å². The molecule has 1 aromatic carbocycles. The number of esters is 1. The molecule has 0 bridgehead atoms. The molecular formula is C22H24N3O3S+. The van der Waals surface area contributed by atoms with Gasteiger partial charge >= 0.3 is 5.97 Å². The van der Waals surface area contributed by atoms with Gasteiger partial charge in [-0.05, 0) is 43.4 Å². The van der Waals surface area contributed by atoms with E-state index in [1.807, 2.05) is 39.7 Å². The van der Waals surface area contributed by atoms with Crippen molar-refractivity contribution in [3.05, 3.63) is 53.2 Å². The second-order valence-corrected chi connectivity index (χ2v) is 8.24. The highest BCUT2D eigenvalue weighted by atomic mass is 32.1. The highest BCUT2D eigenvalue weighted by molar-refractivity contribution is 7.17. The monoisotopic (exact) mass is 410 g/mol. The fourth-order valence-electron chi connectivity index (χ4n) is 3.94. The van der Waals surface area contributed by atoms with Gasteiger partial charge in [-0.15, -0.1) is 11.3 Å². The van der Waals surface area contributed by atoms with Crippen molar-refractivity contribution < 1.29 is 18.9 Å². The SMILES string of the molecule is C=Cn1c[n+](CC(=O)Nc2sc3c(c2C(=O)OC)CCCCC3)c2ccccc21. The zero-order valence-corrected chi connectivity index (χ0v) is 17.3. The smallest absolute Gasteiger partial charge is 0.341 e. The molecule has 0 saturated heterocycles. The number of aromatic nitrogens is 2. The Hall–Kier alpha value is -2.93. The molecule has 7 heteroatoms. The number of rotatable bonds is 5. The molecule has 0 atom stereocenters. The summed E-state index contributed by atoms with van der Waals surface area (Å²) in [6, 6.07) is 7.84. The first-order chi connectivity index (χ1) is 14.1. The first-order valence-electron chi connectivity index (χ1n) is 9.76. The van der Waals surface area contributed by atoms with E-state index in [-0.39, 0.29) is 18.4 Å². The number of imidazole rings is 1. The Morgan fingerprint density at radius 3 is 2.86 bits per heavy atom. The maximum Gasteiger partial charge on any atom is 0.341 e. The molecule has 150 valence electrons. The van der Waals surface area contributed by atoms with Crippen LogP contribution in [0.2, 0.25) is 0 Å². The summed E-state index contributed by atoms with van der Waals surface area (Å²) in [5.41, 5.74) is 3.50. The fourth-order valence-corrected chi connectivity index (χ4v) is 5.23. The maximum atomic E-state index is 12.9. The molecular weight excluding hydrogens is 386 g/mol. The average molecular weight is 411 g/mol. The molecule has 4 rings (SSSR count). The first-order valence-corrected chi connectivity index (χ1v) is 10.6. The third kappa shape index (κ3) is 3.70. The molecule has 3 aromatic rings. The van der Waals surface area contributed by atoms with Gasteiger partial charge in [0.1, 0.15) is 5.00 Å². The van der Waals surface area contributed by atoms with Crippen molar-refractivity contribution in [1.29, 1.82) is 0 Å². The number of amides is 1. The molecule has 0 unspecified atom stereocenters. The molecule has 1 aliphatic rings. The van der Waals surface area contributed by atoms with E-state index in [0.717, 1.165) is 48.7 Å². The number of thiophene rings is 1. The Morgan fingerprint density at radius 2 is 2.07 bits per heavy atom. The number of benzene rings is 1. The van der Waals surface area contributed by atoms with Crippen molar-refractivity contribution in [3.8, 4) is 0 Å². The summed E-state index contributed by atoms with van der Waals surface area (Å²) >= 11 is 1.51. The molecule has 2 aromatic heterocycles. The minimum atomic E-state index is -0.379. The van der Waals surface area contributed by atoms with Crippen molar-refractivity contribution in [2.24, 2.45) is 0 Å². The summed E-state index contributed by atoms with van der Waals surface area (Å²) in [5, 5.41) is 3.57. The minimum absolute atomic E-state index is 0.143. The van der Waals surface area contributed by atoms with Gasteiger partial charge in [-0.25, -0.2) is 13.9 Å². The predicted octanol–water partition coefficient (Wildman–Crippen LogP) is 3.79. The van der Waals surface area contributed by atoms with Gasteiger partial charge in [-0.3, -0.25) is 4.79 Å². The number of methoxy groups -OCH3 is 1. The zero-order valence-electron chi connectivity index (χ0n) is 16.4. The summed E-state index contributed by atoms with van der Waals surface area (Å²) in [6.45, 7) is 3.97. The number of nitrogens with one attached hydrogen (secondary N) is 1. The molecule has 0 spiro atoms. The Balaban J connectivity index is 1.62. The molecule has 29 heavy (non-hydrogen) atoms. The van der Waals surface area contributed by atoms with Crippen LogP contribution in [0.15, 0.2) is 37.2 Å². The Bertz CT molecular complexity index is 1100. The van der Waals surface area contributed by atoms with Crippen LogP contribution in [0, 0.1) is 0 Å². The number of hydrogen-bond acceptors (Lipinski definition) is 4. The Labute approximate surface area is 173 Å². The van der Waals surface area contributed by atoms with Crippen molar-refractivity contribution in [2.75, 3.05) is 12.4 Å². The number of hydrogen-bond donors (Lipinski definition) is 1. The lowest BCUT2D eigenvalue weighted by Gasteiger charge is -2.07. The fraction of sp³-hybridized carbons (Fsp3) is 0.318. The molecule has 1 N–H and O–H groups in total. The summed E-state index contributed by atoms with van der Waals surface area (Å²) in [7, 11) is 1.38. The van der Waals surface area contributed by atoms with E-state index in [4.69, 9.17) is 4.74 Å². The lowest BCUT2D eigenvalue weighted by Crippen LogP contribution is -2.39. The minimum Gasteiger partial charge on any atom is -0.465 e. The predicted molar refractivity (Wildman–Crippen MR) is 114 cm³/mol. The Morgan fingerprint density at radius 1 is 1.28 bits per heavy atom. The quantitative estimate of drug-likeness (QED) is 0.395. The molecule has 0 aliphatic heterocycles. The summed E-state index contributed by atoms with van der Waals surface area (Å²) in [6.07, 6.45) is 8.68. The van der Waals surface area contributed by atoms with E-state index in [2.05, 4.69) is 11.9 Å². The third-order valence-corrected chi connectivity index (χ3v) is 6.51. The van der Waals surface area contributed by atoms with Crippen LogP contribution < -0.4 is 9.88 Å². The van der Waals surface area contributed by atoms with Crippen LogP contribution in [-0.4, -0.2) is 23.6 Å². The van der Waals surface area contributed by atoms with Crippen LogP contribution in [0.25, 0.3) is 17.2 Å². The van der Waals surface area contributed by atoms with E-state index >= 15 is 0 Å². The second-order valence-electron chi connectivity index (χ2n) is 7.13. The summed E-state index contributed by atoms with van der Waals surface area (Å²) < 4.78 is 8.78. The average Bonchev–Trinajstić information content (AvgIpc) is 3.16. The van der Waals surface area contributed by atoms with Crippen molar-refractivity contribution >= 4 is 45.4 Å². The van der Waals surface area contributed by atoms with Crippen LogP contribution in [0.4, 0.5) is 5.00 Å². The van der Waals surface area contributed by atoms with Gasteiger partial charge in [0.2, 0.25) is 6.33 Å². The van der Waals surface area contributed by atoms with Gasteiger partial charge in [0.25, 0.3) is 5.91 Å². The lowest BCUT2D eigenvalue weighted by molar-refractivity contribution is -0.658. The summed E-state index contributed by atoms with van der Waals surface area (Å²) in [4.78, 5) is 26.5.